The highest BCUT2D eigenvalue weighted by Crippen LogP contribution is 2.47. The van der Waals surface area contributed by atoms with Crippen LogP contribution in [0.2, 0.25) is 0 Å². The van der Waals surface area contributed by atoms with Gasteiger partial charge in [0.1, 0.15) is 22.3 Å². The summed E-state index contributed by atoms with van der Waals surface area (Å²) in [5, 5.41) is 43.3. The summed E-state index contributed by atoms with van der Waals surface area (Å²) in [6, 6.07) is 120. The third-order valence-electron chi connectivity index (χ3n) is 19.7. The summed E-state index contributed by atoms with van der Waals surface area (Å²) in [7, 11) is -1.53. The fraction of sp³-hybridized carbons (Fsp3) is 0. The highest BCUT2D eigenvalue weighted by molar-refractivity contribution is 9.10. The second-order valence-electron chi connectivity index (χ2n) is 25.2. The van der Waals surface area contributed by atoms with Gasteiger partial charge in [0.05, 0.1) is 0 Å². The first kappa shape index (κ1) is 58.7. The van der Waals surface area contributed by atoms with E-state index in [4.69, 9.17) is 8.83 Å². The van der Waals surface area contributed by atoms with E-state index >= 15 is 0 Å². The number of halogens is 1. The second-order valence-corrected chi connectivity index (χ2v) is 26.1. The minimum Gasteiger partial charge on any atom is -0.455 e. The molecule has 0 saturated heterocycles. The molecule has 0 bridgehead atoms. The van der Waals surface area contributed by atoms with Crippen molar-refractivity contribution in [3.8, 4) is 55.6 Å². The predicted octanol–water partition coefficient (Wildman–Crippen LogP) is 24.9. The first-order valence-electron chi connectivity index (χ1n) is 33.1. The summed E-state index contributed by atoms with van der Waals surface area (Å²) in [4.78, 5) is 0. The van der Waals surface area contributed by atoms with Crippen LogP contribution in [0.5, 0.6) is 0 Å². The van der Waals surface area contributed by atoms with Gasteiger partial charge in [0, 0.05) is 36.8 Å². The second kappa shape index (κ2) is 24.4. The fourth-order valence-electron chi connectivity index (χ4n) is 15.2. The van der Waals surface area contributed by atoms with Crippen LogP contribution >= 0.6 is 15.9 Å². The maximum atomic E-state index is 10.1. The van der Waals surface area contributed by atoms with Crippen molar-refractivity contribution in [2.75, 3.05) is 0 Å². The molecule has 0 unspecified atom stereocenters. The van der Waals surface area contributed by atoms with Crippen molar-refractivity contribution < 1.29 is 18.9 Å². The lowest BCUT2D eigenvalue weighted by molar-refractivity contribution is 0.426. The minimum atomic E-state index is -1.53. The van der Waals surface area contributed by atoms with Crippen molar-refractivity contribution in [2.45, 2.75) is 0 Å². The van der Waals surface area contributed by atoms with Gasteiger partial charge in [-0.1, -0.05) is 307 Å². The van der Waals surface area contributed by atoms with Gasteiger partial charge in [-0.05, 0) is 185 Å². The standard InChI is InChI=1S/C46H28O.C24H17BO2.C22H13BrO/c1-3-13-34-30(10-1)12-9-19-36(34)45-39-17-7-5-15-37(39)44(38-16-6-8-18-40(38)45)32-22-20-29(21-23-32)33-25-27-43-42(28-33)41-26-24-31-11-2-4-14-35(31)46(41)47-43;26-25(27)24-21-13-5-3-11-19(21)23(20-12-4-6-14-22(20)24)18-15-7-9-16-8-1-2-10-17(16)18;23-17-9-5-14(6-10-17)16-8-12-21-20(13-16)19-11-7-15-3-1-2-4-18(15)22(19)24-21/h1-28H;1-15,26-27H;1-13H. The molecule has 20 rings (SSSR count). The third kappa shape index (κ3) is 10.1. The Hall–Kier alpha value is -11.9. The van der Waals surface area contributed by atoms with E-state index in [1.807, 2.05) is 42.5 Å². The number of hydrogen-bond donors (Lipinski definition) is 2. The number of rotatable bonds is 6. The number of hydrogen-bond acceptors (Lipinski definition) is 4. The molecule has 98 heavy (non-hydrogen) atoms. The van der Waals surface area contributed by atoms with Crippen LogP contribution in [-0.2, 0) is 0 Å². The molecule has 2 N–H and O–H groups in total. The van der Waals surface area contributed by atoms with Crippen molar-refractivity contribution in [1.82, 2.24) is 0 Å². The Kier molecular flexibility index (Phi) is 14.6. The summed E-state index contributed by atoms with van der Waals surface area (Å²) >= 11 is 3.49. The van der Waals surface area contributed by atoms with Gasteiger partial charge in [-0.15, -0.1) is 0 Å². The molecule has 2 heterocycles. The van der Waals surface area contributed by atoms with E-state index in [0.717, 1.165) is 86.4 Å². The van der Waals surface area contributed by atoms with Crippen molar-refractivity contribution in [3.63, 3.8) is 0 Å². The smallest absolute Gasteiger partial charge is 0.455 e. The summed E-state index contributed by atoms with van der Waals surface area (Å²) in [5.41, 5.74) is 16.4. The predicted molar refractivity (Wildman–Crippen MR) is 419 cm³/mol. The molecule has 0 amide bonds. The molecule has 4 nitrogen and oxygen atoms in total. The maximum Gasteiger partial charge on any atom is 0.489 e. The van der Waals surface area contributed by atoms with Crippen LogP contribution in [0, 0.1) is 0 Å². The fourth-order valence-corrected chi connectivity index (χ4v) is 15.5. The van der Waals surface area contributed by atoms with Gasteiger partial charge in [0.15, 0.2) is 0 Å². The molecule has 2 aromatic heterocycles. The lowest BCUT2D eigenvalue weighted by Crippen LogP contribution is -2.31. The van der Waals surface area contributed by atoms with Gasteiger partial charge >= 0.3 is 7.12 Å². The largest absolute Gasteiger partial charge is 0.489 e. The Morgan fingerprint density at radius 2 is 0.531 bits per heavy atom. The Bertz CT molecular complexity index is 6420. The summed E-state index contributed by atoms with van der Waals surface area (Å²) in [6.07, 6.45) is 0. The van der Waals surface area contributed by atoms with Gasteiger partial charge in [-0.2, -0.15) is 0 Å². The van der Waals surface area contributed by atoms with Gasteiger partial charge in [-0.3, -0.25) is 0 Å². The quantitative estimate of drug-likeness (QED) is 0.129. The van der Waals surface area contributed by atoms with Crippen molar-refractivity contribution >= 4 is 159 Å². The van der Waals surface area contributed by atoms with E-state index in [0.29, 0.717) is 5.46 Å². The molecule has 0 aliphatic heterocycles. The number of fused-ring (bicyclic) bond motifs is 16. The van der Waals surface area contributed by atoms with E-state index in [1.54, 1.807) is 0 Å². The monoisotopic (exact) mass is 1320 g/mol. The van der Waals surface area contributed by atoms with E-state index in [9.17, 15) is 10.0 Å². The lowest BCUT2D eigenvalue weighted by Gasteiger charge is -2.19. The molecule has 6 heteroatoms. The normalized spacial score (nSPS) is 11.6. The molecule has 0 spiro atoms. The first-order chi connectivity index (χ1) is 48.4. The number of furan rings is 2. The maximum absolute atomic E-state index is 10.1. The van der Waals surface area contributed by atoms with E-state index < -0.39 is 7.12 Å². The third-order valence-corrected chi connectivity index (χ3v) is 20.2. The summed E-state index contributed by atoms with van der Waals surface area (Å²) in [6.45, 7) is 0. The van der Waals surface area contributed by atoms with Crippen LogP contribution < -0.4 is 5.46 Å². The molecule has 0 radical (unpaired) electrons. The van der Waals surface area contributed by atoms with Gasteiger partial charge in [0.25, 0.3) is 0 Å². The first-order valence-corrected chi connectivity index (χ1v) is 33.9. The van der Waals surface area contributed by atoms with Crippen LogP contribution in [0.4, 0.5) is 0 Å². The minimum absolute atomic E-state index is 0.560. The summed E-state index contributed by atoms with van der Waals surface area (Å²) < 4.78 is 13.6. The van der Waals surface area contributed by atoms with Crippen LogP contribution in [0.1, 0.15) is 0 Å². The summed E-state index contributed by atoms with van der Waals surface area (Å²) in [5.74, 6) is 0. The molecule has 18 aromatic carbocycles. The highest BCUT2D eigenvalue weighted by atomic mass is 79.9. The molecular weight excluding hydrogens is 1260 g/mol. The zero-order valence-electron chi connectivity index (χ0n) is 53.0. The Labute approximate surface area is 573 Å². The van der Waals surface area contributed by atoms with E-state index in [1.165, 1.54) is 104 Å². The van der Waals surface area contributed by atoms with Crippen molar-refractivity contribution in [1.29, 1.82) is 0 Å². The van der Waals surface area contributed by atoms with Crippen LogP contribution in [0.25, 0.3) is 186 Å². The van der Waals surface area contributed by atoms with Crippen molar-refractivity contribution in [2.24, 2.45) is 0 Å². The molecule has 0 aliphatic carbocycles. The van der Waals surface area contributed by atoms with Gasteiger partial charge < -0.3 is 18.9 Å². The molecule has 460 valence electrons. The van der Waals surface area contributed by atoms with Crippen LogP contribution in [0.15, 0.2) is 353 Å². The molecule has 0 saturated carbocycles. The molecule has 0 fully saturated rings. The molecule has 0 atom stereocenters. The van der Waals surface area contributed by atoms with Gasteiger partial charge in [0.2, 0.25) is 0 Å². The lowest BCUT2D eigenvalue weighted by atomic mass is 9.72. The van der Waals surface area contributed by atoms with Crippen LogP contribution in [0.3, 0.4) is 0 Å². The molecule has 20 aromatic rings. The topological polar surface area (TPSA) is 66.7 Å². The van der Waals surface area contributed by atoms with Gasteiger partial charge in [-0.25, -0.2) is 0 Å². The zero-order valence-corrected chi connectivity index (χ0v) is 54.6. The zero-order chi connectivity index (χ0) is 65.4. The highest BCUT2D eigenvalue weighted by Gasteiger charge is 2.24. The van der Waals surface area contributed by atoms with E-state index in [-0.39, 0.29) is 0 Å². The molecule has 0 aliphatic rings. The Morgan fingerprint density at radius 1 is 0.224 bits per heavy atom. The molecular formula is C92H58BBrO4. The Balaban J connectivity index is 0.000000116. The SMILES string of the molecule is Brc1ccc(-c2ccc3oc4c5ccccc5ccc4c3c2)cc1.OB(O)c1c2ccccc2c(-c2cccc3ccccc23)c2ccccc12.c1ccc2c(-c3c4ccccc4c(-c4ccc(-c5ccc6oc7c8ccccc8ccc7c6c5)cc4)c4ccccc34)cccc2c1. The number of benzene rings is 18. The average Bonchev–Trinajstić information content (AvgIpc) is 1.05. The Morgan fingerprint density at radius 3 is 0.939 bits per heavy atom. The van der Waals surface area contributed by atoms with Crippen molar-refractivity contribution in [3.05, 3.63) is 344 Å². The van der Waals surface area contributed by atoms with Crippen LogP contribution in [-0.4, -0.2) is 17.2 Å². The average molecular weight is 1320 g/mol. The van der Waals surface area contributed by atoms with E-state index in [2.05, 4.69) is 313 Å².